The standard InChI is InChI=1S/C25H20F3N3O3/c1-15-5-6-18(12-16(15)2)21-22(30-19-7-9-20(10-8-19)34-25(26,27)28)24(33)31(23(21)32)14-17-4-3-11-29-13-17/h3-13,30H,14H2,1-2H3. The van der Waals surface area contributed by atoms with Crippen LogP contribution in [0.15, 0.2) is 72.7 Å². The highest BCUT2D eigenvalue weighted by Gasteiger charge is 2.39. The van der Waals surface area contributed by atoms with Crippen molar-refractivity contribution in [1.29, 1.82) is 0 Å². The summed E-state index contributed by atoms with van der Waals surface area (Å²) in [4.78, 5) is 31.8. The molecule has 174 valence electrons. The molecule has 9 heteroatoms. The van der Waals surface area contributed by atoms with Gasteiger partial charge >= 0.3 is 6.36 Å². The predicted molar refractivity (Wildman–Crippen MR) is 119 cm³/mol. The number of hydrogen-bond acceptors (Lipinski definition) is 5. The molecule has 1 aliphatic heterocycles. The summed E-state index contributed by atoms with van der Waals surface area (Å²) in [6.07, 6.45) is -1.65. The van der Waals surface area contributed by atoms with Crippen LogP contribution >= 0.6 is 0 Å². The van der Waals surface area contributed by atoms with Crippen LogP contribution < -0.4 is 10.1 Å². The molecule has 0 atom stereocenters. The van der Waals surface area contributed by atoms with Gasteiger partial charge in [-0.2, -0.15) is 0 Å². The second kappa shape index (κ2) is 9.01. The van der Waals surface area contributed by atoms with Gasteiger partial charge < -0.3 is 10.1 Å². The number of halogens is 3. The Labute approximate surface area is 193 Å². The van der Waals surface area contributed by atoms with Gasteiger partial charge in [0.05, 0.1) is 12.1 Å². The first-order chi connectivity index (χ1) is 16.1. The molecule has 2 aromatic carbocycles. The molecule has 0 aliphatic carbocycles. The number of ether oxygens (including phenoxy) is 1. The Bertz CT molecular complexity index is 1270. The minimum Gasteiger partial charge on any atom is -0.406 e. The number of pyridine rings is 1. The molecule has 0 bridgehead atoms. The number of rotatable bonds is 6. The predicted octanol–water partition coefficient (Wildman–Crippen LogP) is 4.99. The minimum atomic E-state index is -4.81. The smallest absolute Gasteiger partial charge is 0.406 e. The van der Waals surface area contributed by atoms with Gasteiger partial charge in [0.2, 0.25) is 0 Å². The number of aryl methyl sites for hydroxylation is 2. The number of imide groups is 1. The lowest BCUT2D eigenvalue weighted by Crippen LogP contribution is -2.32. The zero-order valence-electron chi connectivity index (χ0n) is 18.3. The Kier molecular flexibility index (Phi) is 6.10. The SMILES string of the molecule is Cc1ccc(C2=C(Nc3ccc(OC(F)(F)F)cc3)C(=O)N(Cc3cccnc3)C2=O)cc1C. The lowest BCUT2D eigenvalue weighted by atomic mass is 9.99. The molecule has 2 amide bonds. The topological polar surface area (TPSA) is 71.5 Å². The van der Waals surface area contributed by atoms with Gasteiger partial charge in [-0.05, 0) is 66.4 Å². The van der Waals surface area contributed by atoms with Gasteiger partial charge in [0.25, 0.3) is 11.8 Å². The zero-order chi connectivity index (χ0) is 24.5. The third-order valence-electron chi connectivity index (χ3n) is 5.38. The van der Waals surface area contributed by atoms with Gasteiger partial charge in [0, 0.05) is 18.1 Å². The molecule has 34 heavy (non-hydrogen) atoms. The number of benzene rings is 2. The highest BCUT2D eigenvalue weighted by molar-refractivity contribution is 6.36. The molecule has 0 unspecified atom stereocenters. The van der Waals surface area contributed by atoms with E-state index >= 15 is 0 Å². The van der Waals surface area contributed by atoms with Crippen molar-refractivity contribution in [3.05, 3.63) is 94.9 Å². The average Bonchev–Trinajstić information content (AvgIpc) is 3.01. The molecule has 1 aliphatic rings. The zero-order valence-corrected chi connectivity index (χ0v) is 18.3. The lowest BCUT2D eigenvalue weighted by molar-refractivity contribution is -0.274. The molecule has 1 N–H and O–H groups in total. The monoisotopic (exact) mass is 467 g/mol. The van der Waals surface area contributed by atoms with Crippen LogP contribution in [0, 0.1) is 13.8 Å². The first-order valence-electron chi connectivity index (χ1n) is 10.3. The Morgan fingerprint density at radius 2 is 1.71 bits per heavy atom. The number of nitrogens with one attached hydrogen (secondary N) is 1. The summed E-state index contributed by atoms with van der Waals surface area (Å²) in [5, 5.41) is 2.92. The number of anilines is 1. The van der Waals surface area contributed by atoms with Gasteiger partial charge in [-0.1, -0.05) is 24.3 Å². The summed E-state index contributed by atoms with van der Waals surface area (Å²) >= 11 is 0. The first kappa shape index (κ1) is 23.0. The maximum absolute atomic E-state index is 13.4. The highest BCUT2D eigenvalue weighted by Crippen LogP contribution is 2.33. The van der Waals surface area contributed by atoms with Crippen LogP contribution in [0.5, 0.6) is 5.75 Å². The molecule has 4 rings (SSSR count). The van der Waals surface area contributed by atoms with E-state index < -0.39 is 23.9 Å². The Balaban J connectivity index is 1.70. The summed E-state index contributed by atoms with van der Waals surface area (Å²) in [6.45, 7) is 3.87. The van der Waals surface area contributed by atoms with Gasteiger partial charge in [0.15, 0.2) is 0 Å². The fourth-order valence-corrected chi connectivity index (χ4v) is 3.56. The Morgan fingerprint density at radius 3 is 2.32 bits per heavy atom. The quantitative estimate of drug-likeness (QED) is 0.518. The lowest BCUT2D eigenvalue weighted by Gasteiger charge is -2.15. The van der Waals surface area contributed by atoms with Crippen molar-refractivity contribution in [2.75, 3.05) is 5.32 Å². The molecular weight excluding hydrogens is 447 g/mol. The average molecular weight is 467 g/mol. The number of aromatic nitrogens is 1. The van der Waals surface area contributed by atoms with Crippen molar-refractivity contribution in [3.63, 3.8) is 0 Å². The van der Waals surface area contributed by atoms with E-state index in [1.54, 1.807) is 30.6 Å². The van der Waals surface area contributed by atoms with E-state index in [0.29, 0.717) is 16.8 Å². The van der Waals surface area contributed by atoms with Gasteiger partial charge in [0.1, 0.15) is 11.4 Å². The Hall–Kier alpha value is -4.14. The van der Waals surface area contributed by atoms with Crippen LogP contribution in [0.2, 0.25) is 0 Å². The van der Waals surface area contributed by atoms with Crippen LogP contribution in [0.1, 0.15) is 22.3 Å². The summed E-state index contributed by atoms with van der Waals surface area (Å²) in [6, 6.07) is 13.8. The highest BCUT2D eigenvalue weighted by atomic mass is 19.4. The van der Waals surface area contributed by atoms with Crippen LogP contribution in [0.25, 0.3) is 5.57 Å². The van der Waals surface area contributed by atoms with E-state index in [-0.39, 0.29) is 17.8 Å². The van der Waals surface area contributed by atoms with Crippen LogP contribution in [-0.2, 0) is 16.1 Å². The molecule has 2 heterocycles. The second-order valence-corrected chi connectivity index (χ2v) is 7.80. The van der Waals surface area contributed by atoms with Crippen molar-refractivity contribution in [2.45, 2.75) is 26.8 Å². The van der Waals surface area contributed by atoms with Crippen molar-refractivity contribution in [3.8, 4) is 5.75 Å². The molecule has 6 nitrogen and oxygen atoms in total. The summed E-state index contributed by atoms with van der Waals surface area (Å²) < 4.78 is 41.2. The summed E-state index contributed by atoms with van der Waals surface area (Å²) in [7, 11) is 0. The van der Waals surface area contributed by atoms with E-state index in [9.17, 15) is 22.8 Å². The molecule has 1 aromatic heterocycles. The second-order valence-electron chi connectivity index (χ2n) is 7.80. The van der Waals surface area contributed by atoms with Gasteiger partial charge in [-0.3, -0.25) is 19.5 Å². The maximum atomic E-state index is 13.4. The molecular formula is C25H20F3N3O3. The molecule has 3 aromatic rings. The number of carbonyl (C=O) groups is 2. The first-order valence-corrected chi connectivity index (χ1v) is 10.3. The van der Waals surface area contributed by atoms with Crippen molar-refractivity contribution in [1.82, 2.24) is 9.88 Å². The maximum Gasteiger partial charge on any atom is 0.573 e. The number of nitrogens with zero attached hydrogens (tertiary/aromatic N) is 2. The normalized spacial score (nSPS) is 14.1. The molecule has 0 fully saturated rings. The summed E-state index contributed by atoms with van der Waals surface area (Å²) in [5.41, 5.74) is 3.78. The fraction of sp³-hybridized carbons (Fsp3) is 0.160. The minimum absolute atomic E-state index is 0.0311. The third-order valence-corrected chi connectivity index (χ3v) is 5.38. The van der Waals surface area contributed by atoms with E-state index in [1.165, 1.54) is 12.1 Å². The third kappa shape index (κ3) is 4.93. The number of hydrogen-bond donors (Lipinski definition) is 1. The largest absolute Gasteiger partial charge is 0.573 e. The molecule has 0 saturated heterocycles. The number of alkyl halides is 3. The van der Waals surface area contributed by atoms with Gasteiger partial charge in [-0.15, -0.1) is 13.2 Å². The number of amides is 2. The van der Waals surface area contributed by atoms with Crippen LogP contribution in [-0.4, -0.2) is 28.1 Å². The molecule has 0 saturated carbocycles. The number of carbonyl (C=O) groups excluding carboxylic acids is 2. The van der Waals surface area contributed by atoms with E-state index in [2.05, 4.69) is 15.0 Å². The van der Waals surface area contributed by atoms with E-state index in [1.807, 2.05) is 26.0 Å². The van der Waals surface area contributed by atoms with E-state index in [4.69, 9.17) is 0 Å². The van der Waals surface area contributed by atoms with Crippen molar-refractivity contribution in [2.24, 2.45) is 0 Å². The van der Waals surface area contributed by atoms with Crippen molar-refractivity contribution >= 4 is 23.1 Å². The molecule has 0 spiro atoms. The summed E-state index contributed by atoms with van der Waals surface area (Å²) in [5.74, 6) is -1.41. The Morgan fingerprint density at radius 1 is 0.971 bits per heavy atom. The molecule has 0 radical (unpaired) electrons. The van der Waals surface area contributed by atoms with E-state index in [0.717, 1.165) is 28.2 Å². The van der Waals surface area contributed by atoms with Crippen molar-refractivity contribution < 1.29 is 27.5 Å². The van der Waals surface area contributed by atoms with Crippen LogP contribution in [0.3, 0.4) is 0 Å². The van der Waals surface area contributed by atoms with Gasteiger partial charge in [-0.25, -0.2) is 0 Å². The van der Waals surface area contributed by atoms with Crippen LogP contribution in [0.4, 0.5) is 18.9 Å². The fourth-order valence-electron chi connectivity index (χ4n) is 3.56.